The van der Waals surface area contributed by atoms with Crippen molar-refractivity contribution in [3.05, 3.63) is 58.6 Å². The van der Waals surface area contributed by atoms with E-state index in [0.717, 1.165) is 49.6 Å². The number of amides is 1. The maximum absolute atomic E-state index is 13.2. The molecular formula is C25H31N4O3S+. The molecule has 0 fully saturated rings. The molecule has 0 aliphatic heterocycles. The number of rotatable bonds is 9. The quantitative estimate of drug-likeness (QED) is 0.420. The topological polar surface area (TPSA) is 91.3 Å². The highest BCUT2D eigenvalue weighted by molar-refractivity contribution is 7.18. The number of carboxylic acid groups (broad SMARTS) is 1. The lowest BCUT2D eigenvalue weighted by Crippen LogP contribution is -2.43. The summed E-state index contributed by atoms with van der Waals surface area (Å²) in [6.45, 7) is 2.17. The maximum Gasteiger partial charge on any atom is 0.304 e. The molecule has 174 valence electrons. The van der Waals surface area contributed by atoms with E-state index in [2.05, 4.69) is 37.8 Å². The zero-order valence-corrected chi connectivity index (χ0v) is 20.2. The van der Waals surface area contributed by atoms with Crippen LogP contribution in [0.4, 0.5) is 5.69 Å². The van der Waals surface area contributed by atoms with E-state index in [1.807, 2.05) is 36.4 Å². The van der Waals surface area contributed by atoms with Gasteiger partial charge >= 0.3 is 5.97 Å². The number of aromatic nitrogens is 1. The summed E-state index contributed by atoms with van der Waals surface area (Å²) in [7, 11) is 6.49. The summed E-state index contributed by atoms with van der Waals surface area (Å²) in [4.78, 5) is 29.5. The van der Waals surface area contributed by atoms with Crippen LogP contribution in [0.25, 0.3) is 10.2 Å². The lowest BCUT2D eigenvalue weighted by Gasteiger charge is -2.25. The average molecular weight is 468 g/mol. The lowest BCUT2D eigenvalue weighted by molar-refractivity contribution is -0.868. The summed E-state index contributed by atoms with van der Waals surface area (Å²) < 4.78 is 1.95. The lowest BCUT2D eigenvalue weighted by atomic mass is 9.80. The third kappa shape index (κ3) is 5.51. The number of benzene rings is 2. The van der Waals surface area contributed by atoms with Crippen LogP contribution in [0.5, 0.6) is 0 Å². The number of nitrogens with one attached hydrogen (secondary N) is 2. The first kappa shape index (κ1) is 23.2. The summed E-state index contributed by atoms with van der Waals surface area (Å²) in [5, 5.41) is 16.7. The monoisotopic (exact) mass is 467 g/mol. The second kappa shape index (κ2) is 9.11. The van der Waals surface area contributed by atoms with Crippen LogP contribution in [0, 0.1) is 5.41 Å². The van der Waals surface area contributed by atoms with E-state index in [1.54, 1.807) is 11.3 Å². The zero-order chi connectivity index (χ0) is 23.6. The van der Waals surface area contributed by atoms with Crippen molar-refractivity contribution < 1.29 is 19.2 Å². The van der Waals surface area contributed by atoms with E-state index in [0.29, 0.717) is 19.4 Å². The number of aliphatic carboxylic acids is 1. The van der Waals surface area contributed by atoms with E-state index in [4.69, 9.17) is 4.98 Å². The van der Waals surface area contributed by atoms with Gasteiger partial charge < -0.3 is 20.2 Å². The Morgan fingerprint density at radius 2 is 1.82 bits per heavy atom. The normalized spacial score (nSPS) is 14.8. The van der Waals surface area contributed by atoms with E-state index in [-0.39, 0.29) is 12.3 Å². The number of carbonyl (C=O) groups excluding carboxylic acids is 1. The molecule has 3 aromatic rings. The number of quaternary nitrogens is 1. The zero-order valence-electron chi connectivity index (χ0n) is 19.4. The molecule has 0 saturated heterocycles. The third-order valence-electron chi connectivity index (χ3n) is 6.09. The van der Waals surface area contributed by atoms with Crippen molar-refractivity contribution in [1.29, 1.82) is 0 Å². The molecule has 8 heteroatoms. The number of nitrogens with zero attached hydrogens (tertiary/aromatic N) is 2. The maximum atomic E-state index is 13.2. The number of likely N-dealkylation sites (N-methyl/N-ethyl adjacent to an activating group) is 1. The molecule has 0 atom stereocenters. The number of thiazole rings is 1. The Balaban J connectivity index is 1.42. The predicted octanol–water partition coefficient (Wildman–Crippen LogP) is 3.29. The third-order valence-corrected chi connectivity index (χ3v) is 7.13. The van der Waals surface area contributed by atoms with Crippen LogP contribution in [0.1, 0.15) is 22.6 Å². The van der Waals surface area contributed by atoms with E-state index in [9.17, 15) is 14.7 Å². The van der Waals surface area contributed by atoms with Crippen LogP contribution < -0.4 is 10.6 Å². The Morgan fingerprint density at radius 1 is 1.12 bits per heavy atom. The number of carboxylic acids is 1. The smallest absolute Gasteiger partial charge is 0.304 e. The van der Waals surface area contributed by atoms with Crippen molar-refractivity contribution >= 4 is 39.1 Å². The van der Waals surface area contributed by atoms with Crippen molar-refractivity contribution in [2.45, 2.75) is 25.8 Å². The minimum absolute atomic E-state index is 0.185. The molecule has 0 unspecified atom stereocenters. The van der Waals surface area contributed by atoms with Gasteiger partial charge in [-0.15, -0.1) is 11.3 Å². The van der Waals surface area contributed by atoms with Crippen LogP contribution in [-0.4, -0.2) is 60.7 Å². The second-order valence-corrected chi connectivity index (χ2v) is 11.0. The molecule has 1 amide bonds. The fourth-order valence-electron chi connectivity index (χ4n) is 4.39. The molecule has 1 aromatic heterocycles. The largest absolute Gasteiger partial charge is 0.481 e. The molecule has 0 spiro atoms. The van der Waals surface area contributed by atoms with Gasteiger partial charge in [-0.25, -0.2) is 4.98 Å². The molecule has 4 rings (SSSR count). The standard InChI is InChI=1S/C25H30N4O3S/c1-29(2,3)11-10-26-19-8-9-21-20(12-19)28-22(33-21)16-27-24(32)25(15-23(30)31)13-17-6-4-5-7-18(17)14-25/h4-9,12,26H,10-11,13-16H2,1-3H3,(H-,27,30,31,32)/p+1. The van der Waals surface area contributed by atoms with Gasteiger partial charge in [0.15, 0.2) is 0 Å². The van der Waals surface area contributed by atoms with Crippen LogP contribution in [-0.2, 0) is 29.0 Å². The second-order valence-electron chi connectivity index (χ2n) is 9.89. The SMILES string of the molecule is C[N+](C)(C)CCNc1ccc2sc(CNC(=O)C3(CC(=O)O)Cc4ccccc4C3)nc2c1. The molecule has 2 aromatic carbocycles. The van der Waals surface area contributed by atoms with E-state index >= 15 is 0 Å². The minimum Gasteiger partial charge on any atom is -0.481 e. The Labute approximate surface area is 198 Å². The van der Waals surface area contributed by atoms with Gasteiger partial charge in [-0.2, -0.15) is 0 Å². The van der Waals surface area contributed by atoms with Crippen molar-refractivity contribution in [3.63, 3.8) is 0 Å². The number of anilines is 1. The van der Waals surface area contributed by atoms with Gasteiger partial charge in [0.1, 0.15) is 5.01 Å². The Bertz CT molecular complexity index is 1160. The van der Waals surface area contributed by atoms with Crippen molar-refractivity contribution in [2.75, 3.05) is 39.5 Å². The highest BCUT2D eigenvalue weighted by Gasteiger charge is 2.45. The van der Waals surface area contributed by atoms with E-state index in [1.165, 1.54) is 0 Å². The van der Waals surface area contributed by atoms with Gasteiger partial charge in [-0.1, -0.05) is 24.3 Å². The number of carbonyl (C=O) groups is 2. The van der Waals surface area contributed by atoms with Gasteiger partial charge in [0.25, 0.3) is 0 Å². The van der Waals surface area contributed by atoms with Gasteiger partial charge in [-0.05, 0) is 42.2 Å². The summed E-state index contributed by atoms with van der Waals surface area (Å²) in [5.74, 6) is -1.17. The highest BCUT2D eigenvalue weighted by Crippen LogP contribution is 2.40. The van der Waals surface area contributed by atoms with Crippen LogP contribution >= 0.6 is 11.3 Å². The van der Waals surface area contributed by atoms with Crippen molar-refractivity contribution in [2.24, 2.45) is 5.41 Å². The average Bonchev–Trinajstić information content (AvgIpc) is 3.31. The van der Waals surface area contributed by atoms with Crippen molar-refractivity contribution in [3.8, 4) is 0 Å². The summed E-state index contributed by atoms with van der Waals surface area (Å²) in [6, 6.07) is 14.0. The van der Waals surface area contributed by atoms with Crippen LogP contribution in [0.2, 0.25) is 0 Å². The van der Waals surface area contributed by atoms with Gasteiger partial charge in [0.2, 0.25) is 5.91 Å². The molecule has 0 radical (unpaired) electrons. The van der Waals surface area contributed by atoms with Crippen LogP contribution in [0.15, 0.2) is 42.5 Å². The Kier molecular flexibility index (Phi) is 6.41. The molecule has 1 aliphatic rings. The molecule has 1 aliphatic carbocycles. The van der Waals surface area contributed by atoms with Gasteiger partial charge in [-0.3, -0.25) is 9.59 Å². The molecule has 33 heavy (non-hydrogen) atoms. The first-order valence-corrected chi connectivity index (χ1v) is 12.0. The summed E-state index contributed by atoms with van der Waals surface area (Å²) in [5.41, 5.74) is 3.09. The summed E-state index contributed by atoms with van der Waals surface area (Å²) >= 11 is 1.55. The first-order chi connectivity index (χ1) is 15.6. The molecule has 0 saturated carbocycles. The summed E-state index contributed by atoms with van der Waals surface area (Å²) in [6.07, 6.45) is 0.711. The van der Waals surface area contributed by atoms with Crippen molar-refractivity contribution in [1.82, 2.24) is 10.3 Å². The molecular weight excluding hydrogens is 436 g/mol. The predicted molar refractivity (Wildman–Crippen MR) is 131 cm³/mol. The number of fused-ring (bicyclic) bond motifs is 2. The molecule has 0 bridgehead atoms. The minimum atomic E-state index is -0.955. The highest BCUT2D eigenvalue weighted by atomic mass is 32.1. The number of hydrogen-bond donors (Lipinski definition) is 3. The Morgan fingerprint density at radius 3 is 2.45 bits per heavy atom. The molecule has 7 nitrogen and oxygen atoms in total. The fraction of sp³-hybridized carbons (Fsp3) is 0.400. The molecule has 3 N–H and O–H groups in total. The first-order valence-electron chi connectivity index (χ1n) is 11.1. The fourth-order valence-corrected chi connectivity index (χ4v) is 5.28. The number of hydrogen-bond acceptors (Lipinski definition) is 5. The van der Waals surface area contributed by atoms with Gasteiger partial charge in [0, 0.05) is 5.69 Å². The van der Waals surface area contributed by atoms with Crippen LogP contribution in [0.3, 0.4) is 0 Å². The van der Waals surface area contributed by atoms with E-state index < -0.39 is 11.4 Å². The Hall–Kier alpha value is -2.97. The van der Waals surface area contributed by atoms with Gasteiger partial charge in [0.05, 0.1) is 62.8 Å². The molecule has 1 heterocycles.